The molecular formula is C13H16N4. The molecule has 2 atom stereocenters. The second-order valence-corrected chi connectivity index (χ2v) is 5.05. The van der Waals surface area contributed by atoms with Crippen molar-refractivity contribution in [1.82, 2.24) is 15.3 Å². The molecule has 2 aliphatic heterocycles. The van der Waals surface area contributed by atoms with Crippen molar-refractivity contribution in [1.29, 1.82) is 0 Å². The number of rotatable bonds is 1. The van der Waals surface area contributed by atoms with Crippen LogP contribution in [0.15, 0.2) is 24.3 Å². The van der Waals surface area contributed by atoms with E-state index in [1.165, 1.54) is 13.0 Å². The molecule has 0 aliphatic carbocycles. The van der Waals surface area contributed by atoms with Crippen LogP contribution in [-0.2, 0) is 0 Å². The Morgan fingerprint density at radius 3 is 3.12 bits per heavy atom. The molecule has 2 aromatic rings. The number of hydrogen-bond acceptors (Lipinski definition) is 3. The molecule has 0 saturated carbocycles. The quantitative estimate of drug-likeness (QED) is 0.774. The van der Waals surface area contributed by atoms with E-state index in [1.807, 2.05) is 12.1 Å². The fourth-order valence-electron chi connectivity index (χ4n) is 3.19. The summed E-state index contributed by atoms with van der Waals surface area (Å²) in [5.74, 6) is 1.85. The van der Waals surface area contributed by atoms with E-state index in [0.717, 1.165) is 36.0 Å². The third kappa shape index (κ3) is 1.37. The number of H-pyrrole nitrogens is 1. The van der Waals surface area contributed by atoms with Crippen LogP contribution in [0.4, 0.5) is 5.95 Å². The second kappa shape index (κ2) is 3.47. The molecule has 88 valence electrons. The number of fused-ring (bicyclic) bond motifs is 2. The maximum absolute atomic E-state index is 4.70. The van der Waals surface area contributed by atoms with E-state index >= 15 is 0 Å². The lowest BCUT2D eigenvalue weighted by molar-refractivity contribution is 0.576. The standard InChI is InChI=1S/C13H16N4/c1-2-4-11-10(3-1)15-13(16-11)17-6-5-9-7-14-8-12(9)17/h1-4,9,12,14H,5-8H2,(H,15,16)/t9-,12+/m1/s1. The van der Waals surface area contributed by atoms with Gasteiger partial charge in [0.05, 0.1) is 11.0 Å². The molecule has 0 unspecified atom stereocenters. The van der Waals surface area contributed by atoms with E-state index in [9.17, 15) is 0 Å². The van der Waals surface area contributed by atoms with Gasteiger partial charge in [0.1, 0.15) is 0 Å². The lowest BCUT2D eigenvalue weighted by Crippen LogP contribution is -2.34. The Balaban J connectivity index is 1.74. The second-order valence-electron chi connectivity index (χ2n) is 5.05. The molecule has 17 heavy (non-hydrogen) atoms. The molecule has 0 bridgehead atoms. The normalized spacial score (nSPS) is 27.9. The fourth-order valence-corrected chi connectivity index (χ4v) is 3.19. The van der Waals surface area contributed by atoms with Crippen molar-refractivity contribution in [2.45, 2.75) is 12.5 Å². The molecule has 0 amide bonds. The van der Waals surface area contributed by atoms with Gasteiger partial charge in [-0.3, -0.25) is 0 Å². The van der Waals surface area contributed by atoms with Gasteiger partial charge in [0.25, 0.3) is 0 Å². The molecule has 1 aromatic carbocycles. The Kier molecular flexibility index (Phi) is 1.93. The number of benzene rings is 1. The van der Waals surface area contributed by atoms with Gasteiger partial charge >= 0.3 is 0 Å². The minimum absolute atomic E-state index is 0.635. The van der Waals surface area contributed by atoms with Crippen LogP contribution in [0.2, 0.25) is 0 Å². The summed E-state index contributed by atoms with van der Waals surface area (Å²) < 4.78 is 0. The first kappa shape index (κ1) is 9.48. The van der Waals surface area contributed by atoms with Gasteiger partial charge < -0.3 is 15.2 Å². The highest BCUT2D eigenvalue weighted by atomic mass is 15.3. The van der Waals surface area contributed by atoms with Crippen molar-refractivity contribution in [3.8, 4) is 0 Å². The molecule has 1 aromatic heterocycles. The summed E-state index contributed by atoms with van der Waals surface area (Å²) >= 11 is 0. The van der Waals surface area contributed by atoms with Crippen LogP contribution in [0, 0.1) is 5.92 Å². The van der Waals surface area contributed by atoms with Crippen molar-refractivity contribution < 1.29 is 0 Å². The highest BCUT2D eigenvalue weighted by molar-refractivity contribution is 5.77. The van der Waals surface area contributed by atoms with Crippen LogP contribution in [-0.4, -0.2) is 35.6 Å². The zero-order valence-electron chi connectivity index (χ0n) is 9.69. The maximum Gasteiger partial charge on any atom is 0.204 e. The Morgan fingerprint density at radius 1 is 1.24 bits per heavy atom. The molecule has 2 aliphatic rings. The first-order valence-corrected chi connectivity index (χ1v) is 6.34. The monoisotopic (exact) mass is 228 g/mol. The summed E-state index contributed by atoms with van der Waals surface area (Å²) in [5, 5.41) is 3.47. The van der Waals surface area contributed by atoms with E-state index in [-0.39, 0.29) is 0 Å². The van der Waals surface area contributed by atoms with Gasteiger partial charge in [-0.2, -0.15) is 0 Å². The number of para-hydroxylation sites is 2. The lowest BCUT2D eigenvalue weighted by Gasteiger charge is -2.22. The van der Waals surface area contributed by atoms with Crippen LogP contribution < -0.4 is 10.2 Å². The van der Waals surface area contributed by atoms with Crippen molar-refractivity contribution in [3.05, 3.63) is 24.3 Å². The number of anilines is 1. The van der Waals surface area contributed by atoms with Crippen molar-refractivity contribution in [2.75, 3.05) is 24.5 Å². The highest BCUT2D eigenvalue weighted by Crippen LogP contribution is 2.31. The van der Waals surface area contributed by atoms with Crippen molar-refractivity contribution in [3.63, 3.8) is 0 Å². The van der Waals surface area contributed by atoms with E-state index in [4.69, 9.17) is 4.98 Å². The average Bonchev–Trinajstić information content (AvgIpc) is 3.02. The minimum Gasteiger partial charge on any atom is -0.338 e. The molecule has 4 heteroatoms. The molecule has 2 saturated heterocycles. The van der Waals surface area contributed by atoms with Gasteiger partial charge in [-0.25, -0.2) is 4.98 Å². The third-order valence-electron chi connectivity index (χ3n) is 4.09. The Hall–Kier alpha value is -1.55. The van der Waals surface area contributed by atoms with Gasteiger partial charge in [0.2, 0.25) is 5.95 Å². The Labute approximate surface area is 100 Å². The summed E-state index contributed by atoms with van der Waals surface area (Å²) in [6.45, 7) is 3.40. The first-order chi connectivity index (χ1) is 8.42. The Morgan fingerprint density at radius 2 is 2.18 bits per heavy atom. The summed E-state index contributed by atoms with van der Waals surface area (Å²) in [7, 11) is 0. The number of aromatic amines is 1. The predicted molar refractivity (Wildman–Crippen MR) is 68.2 cm³/mol. The van der Waals surface area contributed by atoms with E-state index in [2.05, 4.69) is 27.3 Å². The third-order valence-corrected chi connectivity index (χ3v) is 4.09. The molecule has 4 rings (SSSR count). The molecule has 2 N–H and O–H groups in total. The van der Waals surface area contributed by atoms with Crippen molar-refractivity contribution >= 4 is 17.0 Å². The summed E-state index contributed by atoms with van der Waals surface area (Å²) in [6, 6.07) is 8.88. The summed E-state index contributed by atoms with van der Waals surface area (Å²) in [5.41, 5.74) is 2.20. The zero-order chi connectivity index (χ0) is 11.2. The highest BCUT2D eigenvalue weighted by Gasteiger charge is 2.38. The number of nitrogens with zero attached hydrogens (tertiary/aromatic N) is 2. The van der Waals surface area contributed by atoms with Gasteiger partial charge in [-0.1, -0.05) is 12.1 Å². The zero-order valence-corrected chi connectivity index (χ0v) is 9.69. The smallest absolute Gasteiger partial charge is 0.204 e. The molecule has 0 radical (unpaired) electrons. The summed E-state index contributed by atoms with van der Waals surface area (Å²) in [4.78, 5) is 10.6. The maximum atomic E-state index is 4.70. The van der Waals surface area contributed by atoms with Crippen LogP contribution >= 0.6 is 0 Å². The largest absolute Gasteiger partial charge is 0.338 e. The molecule has 0 spiro atoms. The molecule has 4 nitrogen and oxygen atoms in total. The van der Waals surface area contributed by atoms with Gasteiger partial charge in [-0.15, -0.1) is 0 Å². The Bertz CT molecular complexity index is 514. The first-order valence-electron chi connectivity index (χ1n) is 6.34. The molecule has 3 heterocycles. The fraction of sp³-hybridized carbons (Fsp3) is 0.462. The van der Waals surface area contributed by atoms with E-state index in [0.29, 0.717) is 6.04 Å². The predicted octanol–water partition coefficient (Wildman–Crippen LogP) is 1.36. The number of hydrogen-bond donors (Lipinski definition) is 2. The van der Waals surface area contributed by atoms with Crippen LogP contribution in [0.1, 0.15) is 6.42 Å². The van der Waals surface area contributed by atoms with E-state index < -0.39 is 0 Å². The van der Waals surface area contributed by atoms with Crippen LogP contribution in [0.25, 0.3) is 11.0 Å². The number of aromatic nitrogens is 2. The average molecular weight is 228 g/mol. The summed E-state index contributed by atoms with van der Waals surface area (Å²) in [6.07, 6.45) is 1.29. The van der Waals surface area contributed by atoms with Gasteiger partial charge in [0.15, 0.2) is 0 Å². The van der Waals surface area contributed by atoms with E-state index in [1.54, 1.807) is 0 Å². The topological polar surface area (TPSA) is 44.0 Å². The molecule has 2 fully saturated rings. The van der Waals surface area contributed by atoms with Gasteiger partial charge in [-0.05, 0) is 24.5 Å². The molecular weight excluding hydrogens is 212 g/mol. The number of imidazole rings is 1. The van der Waals surface area contributed by atoms with Crippen LogP contribution in [0.5, 0.6) is 0 Å². The SMILES string of the molecule is c1ccc2[nH]c(N3CC[C@@H]4CNC[C@@H]43)nc2c1. The van der Waals surface area contributed by atoms with Crippen LogP contribution in [0.3, 0.4) is 0 Å². The van der Waals surface area contributed by atoms with Gasteiger partial charge in [0, 0.05) is 25.7 Å². The van der Waals surface area contributed by atoms with Crippen molar-refractivity contribution in [2.24, 2.45) is 5.92 Å². The lowest BCUT2D eigenvalue weighted by atomic mass is 10.1. The number of nitrogens with one attached hydrogen (secondary N) is 2. The minimum atomic E-state index is 0.635.